The van der Waals surface area contributed by atoms with Crippen molar-refractivity contribution in [2.75, 3.05) is 0 Å². The maximum Gasteiger partial charge on any atom is 0.123 e. The molecule has 0 aliphatic carbocycles. The number of benzene rings is 2. The van der Waals surface area contributed by atoms with E-state index in [-0.39, 0.29) is 12.4 Å². The van der Waals surface area contributed by atoms with E-state index in [1.165, 1.54) is 30.2 Å². The highest BCUT2D eigenvalue weighted by Crippen LogP contribution is 2.33. The number of hydrogen-bond donors (Lipinski definition) is 1. The molecule has 0 aliphatic rings. The molecular weight excluding hydrogens is 275 g/mol. The number of fused-ring (bicyclic) bond motifs is 1. The molecule has 3 rings (SSSR count). The summed E-state index contributed by atoms with van der Waals surface area (Å²) in [6.07, 6.45) is 1.51. The molecule has 3 nitrogen and oxygen atoms in total. The van der Waals surface area contributed by atoms with Crippen LogP contribution in [0.15, 0.2) is 58.7 Å². The third-order valence-electron chi connectivity index (χ3n) is 2.91. The molecule has 2 aromatic carbocycles. The lowest BCUT2D eigenvalue weighted by molar-refractivity contribution is 0.278. The van der Waals surface area contributed by atoms with E-state index < -0.39 is 0 Å². The molecule has 5 heteroatoms. The first-order valence-corrected chi connectivity index (χ1v) is 6.86. The topological polar surface area (TPSA) is 46.0 Å². The van der Waals surface area contributed by atoms with Gasteiger partial charge in [-0.3, -0.25) is 0 Å². The third kappa shape index (κ3) is 2.50. The van der Waals surface area contributed by atoms with Crippen molar-refractivity contribution in [1.82, 2.24) is 9.97 Å². The number of aromatic nitrogens is 2. The quantitative estimate of drug-likeness (QED) is 0.749. The molecule has 0 fully saturated rings. The summed E-state index contributed by atoms with van der Waals surface area (Å²) in [4.78, 5) is 9.27. The zero-order valence-electron chi connectivity index (χ0n) is 10.5. The lowest BCUT2D eigenvalue weighted by Crippen LogP contribution is -1.91. The van der Waals surface area contributed by atoms with Gasteiger partial charge in [0, 0.05) is 10.3 Å². The Labute approximate surface area is 119 Å². The molecule has 0 amide bonds. The van der Waals surface area contributed by atoms with Gasteiger partial charge in [0.25, 0.3) is 0 Å². The van der Waals surface area contributed by atoms with E-state index >= 15 is 0 Å². The summed E-state index contributed by atoms with van der Waals surface area (Å²) in [6.45, 7) is -0.205. The minimum absolute atomic E-state index is 0.205. The van der Waals surface area contributed by atoms with E-state index in [0.29, 0.717) is 5.56 Å². The average molecular weight is 286 g/mol. The first kappa shape index (κ1) is 13.0. The molecule has 0 unspecified atom stereocenters. The highest BCUT2D eigenvalue weighted by atomic mass is 32.2. The summed E-state index contributed by atoms with van der Waals surface area (Å²) in [5.41, 5.74) is 1.41. The number of nitrogens with zero attached hydrogens (tertiary/aromatic N) is 2. The van der Waals surface area contributed by atoms with Gasteiger partial charge in [0.2, 0.25) is 0 Å². The number of aliphatic hydroxyl groups is 1. The Kier molecular flexibility index (Phi) is 3.62. The second-order valence-electron chi connectivity index (χ2n) is 4.21. The monoisotopic (exact) mass is 286 g/mol. The van der Waals surface area contributed by atoms with Crippen molar-refractivity contribution in [2.45, 2.75) is 16.5 Å². The summed E-state index contributed by atoms with van der Waals surface area (Å²) in [5, 5.41) is 11.0. The van der Waals surface area contributed by atoms with Crippen LogP contribution in [-0.2, 0) is 6.61 Å². The van der Waals surface area contributed by atoms with Crippen molar-refractivity contribution < 1.29 is 9.50 Å². The van der Waals surface area contributed by atoms with E-state index in [2.05, 4.69) is 9.97 Å². The van der Waals surface area contributed by atoms with Gasteiger partial charge < -0.3 is 5.11 Å². The molecular formula is C15H11FN2OS. The smallest absolute Gasteiger partial charge is 0.123 e. The van der Waals surface area contributed by atoms with Crippen molar-refractivity contribution >= 4 is 22.7 Å². The zero-order valence-corrected chi connectivity index (χ0v) is 11.3. The zero-order chi connectivity index (χ0) is 13.9. The minimum Gasteiger partial charge on any atom is -0.392 e. The molecule has 0 atom stereocenters. The van der Waals surface area contributed by atoms with Crippen LogP contribution in [0.1, 0.15) is 5.56 Å². The van der Waals surface area contributed by atoms with Gasteiger partial charge in [-0.05, 0) is 29.8 Å². The van der Waals surface area contributed by atoms with Crippen LogP contribution in [0.5, 0.6) is 0 Å². The Hall–Kier alpha value is -1.98. The van der Waals surface area contributed by atoms with Crippen LogP contribution in [0.2, 0.25) is 0 Å². The molecule has 1 heterocycles. The Morgan fingerprint density at radius 1 is 1.10 bits per heavy atom. The van der Waals surface area contributed by atoms with Crippen molar-refractivity contribution in [1.29, 1.82) is 0 Å². The maximum absolute atomic E-state index is 13.2. The lowest BCUT2D eigenvalue weighted by Gasteiger charge is -2.08. The van der Waals surface area contributed by atoms with E-state index in [1.54, 1.807) is 6.07 Å². The minimum atomic E-state index is -0.356. The van der Waals surface area contributed by atoms with Crippen LogP contribution in [0, 0.1) is 5.82 Å². The second kappa shape index (κ2) is 5.56. The van der Waals surface area contributed by atoms with Crippen molar-refractivity contribution in [3.63, 3.8) is 0 Å². The Morgan fingerprint density at radius 3 is 2.80 bits per heavy atom. The number of aliphatic hydroxyl groups excluding tert-OH is 1. The molecule has 0 saturated heterocycles. The fourth-order valence-electron chi connectivity index (χ4n) is 1.94. The van der Waals surface area contributed by atoms with Crippen LogP contribution >= 0.6 is 11.8 Å². The van der Waals surface area contributed by atoms with Gasteiger partial charge in [0.1, 0.15) is 17.2 Å². The maximum atomic E-state index is 13.2. The van der Waals surface area contributed by atoms with Crippen molar-refractivity contribution in [3.8, 4) is 0 Å². The number of halogens is 1. The standard InChI is InChI=1S/C15H11FN2OS/c16-11-5-6-14(10(7-11)8-19)20-15-12-3-1-2-4-13(12)17-9-18-15/h1-7,9,19H,8H2. The Morgan fingerprint density at radius 2 is 1.95 bits per heavy atom. The predicted octanol–water partition coefficient (Wildman–Crippen LogP) is 3.41. The molecule has 20 heavy (non-hydrogen) atoms. The highest BCUT2D eigenvalue weighted by molar-refractivity contribution is 7.99. The van der Waals surface area contributed by atoms with Crippen LogP contribution in [0.3, 0.4) is 0 Å². The number of para-hydroxylation sites is 1. The number of rotatable bonds is 3. The summed E-state index contributed by atoms with van der Waals surface area (Å²) in [6, 6.07) is 12.1. The van der Waals surface area contributed by atoms with E-state index in [0.717, 1.165) is 20.8 Å². The second-order valence-corrected chi connectivity index (χ2v) is 5.24. The fraction of sp³-hybridized carbons (Fsp3) is 0.0667. The van der Waals surface area contributed by atoms with Gasteiger partial charge in [-0.15, -0.1) is 0 Å². The SMILES string of the molecule is OCc1cc(F)ccc1Sc1ncnc2ccccc12. The molecule has 1 N–H and O–H groups in total. The molecule has 100 valence electrons. The summed E-state index contributed by atoms with van der Waals surface area (Å²) in [5.74, 6) is -0.356. The fourth-order valence-corrected chi connectivity index (χ4v) is 2.92. The number of hydrogen-bond acceptors (Lipinski definition) is 4. The molecule has 0 radical (unpaired) electrons. The summed E-state index contributed by atoms with van der Waals surface area (Å²) >= 11 is 1.40. The van der Waals surface area contributed by atoms with Crippen molar-refractivity contribution in [3.05, 3.63) is 60.2 Å². The third-order valence-corrected chi connectivity index (χ3v) is 4.04. The Balaban J connectivity index is 2.05. The van der Waals surface area contributed by atoms with Gasteiger partial charge in [-0.2, -0.15) is 0 Å². The normalized spacial score (nSPS) is 10.9. The predicted molar refractivity (Wildman–Crippen MR) is 76.0 cm³/mol. The van der Waals surface area contributed by atoms with Crippen LogP contribution in [0.4, 0.5) is 4.39 Å². The first-order chi connectivity index (χ1) is 9.78. The van der Waals surface area contributed by atoms with E-state index in [9.17, 15) is 9.50 Å². The van der Waals surface area contributed by atoms with Gasteiger partial charge in [0.15, 0.2) is 0 Å². The molecule has 0 spiro atoms. The summed E-state index contributed by atoms with van der Waals surface area (Å²) in [7, 11) is 0. The van der Waals surface area contributed by atoms with Gasteiger partial charge in [-0.1, -0.05) is 30.0 Å². The molecule has 1 aromatic heterocycles. The molecule has 3 aromatic rings. The lowest BCUT2D eigenvalue weighted by atomic mass is 10.2. The van der Waals surface area contributed by atoms with Crippen molar-refractivity contribution in [2.24, 2.45) is 0 Å². The summed E-state index contributed by atoms with van der Waals surface area (Å²) < 4.78 is 13.2. The Bertz CT molecular complexity index is 758. The average Bonchev–Trinajstić information content (AvgIpc) is 2.49. The van der Waals surface area contributed by atoms with Gasteiger partial charge >= 0.3 is 0 Å². The van der Waals surface area contributed by atoms with E-state index in [4.69, 9.17) is 0 Å². The largest absolute Gasteiger partial charge is 0.392 e. The van der Waals surface area contributed by atoms with Crippen LogP contribution in [-0.4, -0.2) is 15.1 Å². The molecule has 0 bridgehead atoms. The van der Waals surface area contributed by atoms with E-state index in [1.807, 2.05) is 24.3 Å². The first-order valence-electron chi connectivity index (χ1n) is 6.05. The van der Waals surface area contributed by atoms with Crippen LogP contribution < -0.4 is 0 Å². The highest BCUT2D eigenvalue weighted by Gasteiger charge is 2.09. The molecule has 0 aliphatic heterocycles. The van der Waals surface area contributed by atoms with Gasteiger partial charge in [-0.25, -0.2) is 14.4 Å². The van der Waals surface area contributed by atoms with Gasteiger partial charge in [0.05, 0.1) is 12.1 Å². The van der Waals surface area contributed by atoms with Crippen LogP contribution in [0.25, 0.3) is 10.9 Å². The molecule has 0 saturated carbocycles.